The average molecular weight is 495 g/mol. The summed E-state index contributed by atoms with van der Waals surface area (Å²) in [5.74, 6) is 0.492. The predicted molar refractivity (Wildman–Crippen MR) is 125 cm³/mol. The van der Waals surface area contributed by atoms with E-state index in [1.165, 1.54) is 0 Å². The third-order valence-corrected chi connectivity index (χ3v) is 7.39. The van der Waals surface area contributed by atoms with Crippen LogP contribution in [0.1, 0.15) is 5.56 Å². The SMILES string of the molecule is CNCCN(C)C(=O)C1(COc2ccc(C#N)cc2)CN(S(=O)c2ccc(Cl)cc2Cl)C1. The lowest BCUT2D eigenvalue weighted by molar-refractivity contribution is -0.150. The van der Waals surface area contributed by atoms with Gasteiger partial charge in [0.25, 0.3) is 0 Å². The highest BCUT2D eigenvalue weighted by Gasteiger charge is 2.53. The predicted octanol–water partition coefficient (Wildman–Crippen LogP) is 2.95. The van der Waals surface area contributed by atoms with Crippen LogP contribution in [0.4, 0.5) is 0 Å². The molecule has 0 bridgehead atoms. The first-order valence-corrected chi connectivity index (χ1v) is 11.8. The van der Waals surface area contributed by atoms with Crippen molar-refractivity contribution in [1.29, 1.82) is 5.26 Å². The molecule has 1 N–H and O–H groups in total. The Bertz CT molecular complexity index is 1040. The fourth-order valence-electron chi connectivity index (χ4n) is 3.42. The molecule has 1 fully saturated rings. The van der Waals surface area contributed by atoms with Gasteiger partial charge in [-0.05, 0) is 49.5 Å². The zero-order valence-corrected chi connectivity index (χ0v) is 20.1. The van der Waals surface area contributed by atoms with E-state index in [1.54, 1.807) is 58.7 Å². The van der Waals surface area contributed by atoms with Crippen molar-refractivity contribution in [3.05, 3.63) is 58.1 Å². The summed E-state index contributed by atoms with van der Waals surface area (Å²) in [6.07, 6.45) is 0. The van der Waals surface area contributed by atoms with Crippen LogP contribution in [-0.4, -0.2) is 66.2 Å². The fourth-order valence-corrected chi connectivity index (χ4v) is 5.45. The molecule has 2 aromatic carbocycles. The van der Waals surface area contributed by atoms with Crippen molar-refractivity contribution in [3.8, 4) is 11.8 Å². The van der Waals surface area contributed by atoms with Crippen molar-refractivity contribution < 1.29 is 13.7 Å². The van der Waals surface area contributed by atoms with Crippen LogP contribution in [0.2, 0.25) is 10.0 Å². The van der Waals surface area contributed by atoms with Crippen LogP contribution in [-0.2, 0) is 15.8 Å². The summed E-state index contributed by atoms with van der Waals surface area (Å²) in [6.45, 7) is 1.85. The first-order chi connectivity index (χ1) is 15.3. The van der Waals surface area contributed by atoms with E-state index in [4.69, 9.17) is 33.2 Å². The van der Waals surface area contributed by atoms with Gasteiger partial charge in [-0.3, -0.25) is 4.79 Å². The van der Waals surface area contributed by atoms with Gasteiger partial charge in [0.1, 0.15) is 28.8 Å². The van der Waals surface area contributed by atoms with Crippen LogP contribution in [0.5, 0.6) is 5.75 Å². The van der Waals surface area contributed by atoms with Crippen LogP contribution in [0.3, 0.4) is 0 Å². The van der Waals surface area contributed by atoms with E-state index >= 15 is 0 Å². The van der Waals surface area contributed by atoms with Gasteiger partial charge >= 0.3 is 0 Å². The number of nitrogens with zero attached hydrogens (tertiary/aromatic N) is 3. The number of nitriles is 1. The summed E-state index contributed by atoms with van der Waals surface area (Å²) in [5.41, 5.74) is -0.315. The summed E-state index contributed by atoms with van der Waals surface area (Å²) < 4.78 is 20.7. The minimum Gasteiger partial charge on any atom is -0.492 e. The molecule has 170 valence electrons. The summed E-state index contributed by atoms with van der Waals surface area (Å²) in [4.78, 5) is 15.4. The van der Waals surface area contributed by atoms with Crippen molar-refractivity contribution in [1.82, 2.24) is 14.5 Å². The lowest BCUT2D eigenvalue weighted by Gasteiger charge is -2.48. The van der Waals surface area contributed by atoms with E-state index in [0.717, 1.165) is 0 Å². The average Bonchev–Trinajstić information content (AvgIpc) is 2.76. The maximum atomic E-state index is 13.3. The Labute approximate surface area is 200 Å². The molecule has 1 amide bonds. The van der Waals surface area contributed by atoms with E-state index in [2.05, 4.69) is 11.4 Å². The molecule has 1 atom stereocenters. The zero-order valence-electron chi connectivity index (χ0n) is 17.8. The topological polar surface area (TPSA) is 85.7 Å². The van der Waals surface area contributed by atoms with E-state index in [9.17, 15) is 9.00 Å². The molecule has 0 saturated carbocycles. The lowest BCUT2D eigenvalue weighted by atomic mass is 9.81. The molecule has 0 aliphatic carbocycles. The number of rotatable bonds is 9. The van der Waals surface area contributed by atoms with E-state index < -0.39 is 16.4 Å². The Balaban J connectivity index is 1.75. The van der Waals surface area contributed by atoms with Crippen molar-refractivity contribution >= 4 is 40.1 Å². The van der Waals surface area contributed by atoms with Crippen molar-refractivity contribution in [3.63, 3.8) is 0 Å². The molecular formula is C22H24Cl2N4O3S. The number of halogens is 2. The highest BCUT2D eigenvalue weighted by atomic mass is 35.5. The molecule has 7 nitrogen and oxygen atoms in total. The molecule has 1 aliphatic rings. The van der Waals surface area contributed by atoms with Crippen LogP contribution in [0.25, 0.3) is 0 Å². The minimum atomic E-state index is -1.53. The van der Waals surface area contributed by atoms with Gasteiger partial charge in [0.2, 0.25) is 5.91 Å². The van der Waals surface area contributed by atoms with Gasteiger partial charge in [0.05, 0.1) is 21.6 Å². The molecule has 1 saturated heterocycles. The number of ether oxygens (including phenoxy) is 1. The quantitative estimate of drug-likeness (QED) is 0.578. The smallest absolute Gasteiger partial charge is 0.234 e. The second-order valence-electron chi connectivity index (χ2n) is 7.66. The number of likely N-dealkylation sites (N-methyl/N-ethyl adjacent to an activating group) is 2. The summed E-state index contributed by atoms with van der Waals surface area (Å²) in [6, 6.07) is 13.6. The summed E-state index contributed by atoms with van der Waals surface area (Å²) in [5, 5.41) is 12.8. The molecule has 32 heavy (non-hydrogen) atoms. The normalized spacial score (nSPS) is 16.0. The molecule has 1 heterocycles. The van der Waals surface area contributed by atoms with Gasteiger partial charge in [-0.1, -0.05) is 23.2 Å². The first-order valence-electron chi connectivity index (χ1n) is 9.94. The van der Waals surface area contributed by atoms with Gasteiger partial charge in [0.15, 0.2) is 0 Å². The Morgan fingerprint density at radius 1 is 1.28 bits per heavy atom. The second-order valence-corrected chi connectivity index (χ2v) is 9.96. The number of carbonyl (C=O) groups excluding carboxylic acids is 1. The first kappa shape index (κ1) is 24.5. The molecule has 1 unspecified atom stereocenters. The molecular weight excluding hydrogens is 471 g/mol. The van der Waals surface area contributed by atoms with Crippen LogP contribution in [0.15, 0.2) is 47.4 Å². The van der Waals surface area contributed by atoms with Gasteiger partial charge in [-0.2, -0.15) is 5.26 Å². The number of hydrogen-bond donors (Lipinski definition) is 1. The Morgan fingerprint density at radius 3 is 2.56 bits per heavy atom. The number of hydrogen-bond acceptors (Lipinski definition) is 5. The van der Waals surface area contributed by atoms with Crippen molar-refractivity contribution in [2.24, 2.45) is 5.41 Å². The zero-order chi connectivity index (χ0) is 23.3. The van der Waals surface area contributed by atoms with Gasteiger partial charge in [-0.15, -0.1) is 0 Å². The summed E-state index contributed by atoms with van der Waals surface area (Å²) in [7, 11) is 2.05. The van der Waals surface area contributed by atoms with Crippen LogP contribution < -0.4 is 10.1 Å². The molecule has 2 aromatic rings. The maximum Gasteiger partial charge on any atom is 0.234 e. The Morgan fingerprint density at radius 2 is 1.97 bits per heavy atom. The largest absolute Gasteiger partial charge is 0.492 e. The number of nitrogens with one attached hydrogen (secondary N) is 1. The number of benzene rings is 2. The van der Waals surface area contributed by atoms with Crippen LogP contribution >= 0.6 is 23.2 Å². The molecule has 10 heteroatoms. The standard InChI is InChI=1S/C22H24Cl2N4O3S/c1-26-9-10-27(2)21(29)22(15-31-18-6-3-16(12-25)4-7-18)13-28(14-22)32(30)20-8-5-17(23)11-19(20)24/h3-8,11,26H,9-10,13-15H2,1-2H3. The van der Waals surface area contributed by atoms with Crippen molar-refractivity contribution in [2.45, 2.75) is 4.90 Å². The van der Waals surface area contributed by atoms with Crippen LogP contribution in [0, 0.1) is 16.7 Å². The highest BCUT2D eigenvalue weighted by Crippen LogP contribution is 2.37. The minimum absolute atomic E-state index is 0.0724. The second kappa shape index (κ2) is 10.6. The summed E-state index contributed by atoms with van der Waals surface area (Å²) >= 11 is 12.2. The number of amides is 1. The molecule has 3 rings (SSSR count). The fraction of sp³-hybridized carbons (Fsp3) is 0.364. The molecule has 0 spiro atoms. The van der Waals surface area contributed by atoms with Gasteiger partial charge in [0, 0.05) is 38.2 Å². The van der Waals surface area contributed by atoms with E-state index in [0.29, 0.717) is 39.3 Å². The maximum absolute atomic E-state index is 13.3. The molecule has 0 radical (unpaired) electrons. The Kier molecular flexibility index (Phi) is 8.15. The molecule has 0 aromatic heterocycles. The highest BCUT2D eigenvalue weighted by molar-refractivity contribution is 7.82. The molecule has 1 aliphatic heterocycles. The van der Waals surface area contributed by atoms with E-state index in [-0.39, 0.29) is 25.6 Å². The third-order valence-electron chi connectivity index (χ3n) is 5.27. The Hall–Kier alpha value is -2.15. The lowest BCUT2D eigenvalue weighted by Crippen LogP contribution is -2.66. The van der Waals surface area contributed by atoms with Gasteiger partial charge in [-0.25, -0.2) is 8.51 Å². The number of carbonyl (C=O) groups is 1. The van der Waals surface area contributed by atoms with Crippen molar-refractivity contribution in [2.75, 3.05) is 46.9 Å². The monoisotopic (exact) mass is 494 g/mol. The third kappa shape index (κ3) is 5.42. The van der Waals surface area contributed by atoms with Gasteiger partial charge < -0.3 is 15.0 Å². The van der Waals surface area contributed by atoms with E-state index in [1.807, 2.05) is 7.05 Å².